The average molecular weight is 270 g/mol. The highest BCUT2D eigenvalue weighted by molar-refractivity contribution is 4.76. The predicted octanol–water partition coefficient (Wildman–Crippen LogP) is 0.928. The van der Waals surface area contributed by atoms with Crippen LogP contribution in [0.15, 0.2) is 0 Å². The molecule has 0 aromatic carbocycles. The quantitative estimate of drug-likeness (QED) is 0.754. The van der Waals surface area contributed by atoms with Gasteiger partial charge in [0.25, 0.3) is 0 Å². The summed E-state index contributed by atoms with van der Waals surface area (Å²) in [6.07, 6.45) is 7.36. The minimum atomic E-state index is -0.146. The summed E-state index contributed by atoms with van der Waals surface area (Å²) in [5.41, 5.74) is 0. The van der Waals surface area contributed by atoms with Gasteiger partial charge in [-0.3, -0.25) is 9.80 Å². The Labute approximate surface area is 117 Å². The first-order valence-corrected chi connectivity index (χ1v) is 8.01. The summed E-state index contributed by atoms with van der Waals surface area (Å²) in [6.45, 7) is 6.10. The molecule has 0 aromatic rings. The molecule has 1 saturated heterocycles. The molecule has 0 amide bonds. The lowest BCUT2D eigenvalue weighted by Crippen LogP contribution is -2.37. The molecule has 2 N–H and O–H groups in total. The fourth-order valence-electron chi connectivity index (χ4n) is 3.58. The van der Waals surface area contributed by atoms with Crippen LogP contribution >= 0.6 is 0 Å². The van der Waals surface area contributed by atoms with Crippen LogP contribution in [0.5, 0.6) is 0 Å². The van der Waals surface area contributed by atoms with Gasteiger partial charge < -0.3 is 10.2 Å². The highest BCUT2D eigenvalue weighted by atomic mass is 16.3. The second-order valence-corrected chi connectivity index (χ2v) is 6.26. The van der Waals surface area contributed by atoms with E-state index in [2.05, 4.69) is 9.80 Å². The Morgan fingerprint density at radius 3 is 2.37 bits per heavy atom. The lowest BCUT2D eigenvalue weighted by atomic mass is 10.00. The van der Waals surface area contributed by atoms with Gasteiger partial charge in [-0.25, -0.2) is 0 Å². The zero-order valence-electron chi connectivity index (χ0n) is 12.1. The van der Waals surface area contributed by atoms with Crippen molar-refractivity contribution in [3.05, 3.63) is 0 Å². The van der Waals surface area contributed by atoms with Crippen molar-refractivity contribution in [2.75, 3.05) is 45.9 Å². The number of hydrogen-bond donors (Lipinski definition) is 2. The summed E-state index contributed by atoms with van der Waals surface area (Å²) >= 11 is 0. The number of nitrogens with zero attached hydrogens (tertiary/aromatic N) is 2. The SMILES string of the molecule is OCCN1CCCN(CC(O)CC2CCCC2)CC1. The number of aliphatic hydroxyl groups is 2. The summed E-state index contributed by atoms with van der Waals surface area (Å²) in [6, 6.07) is 0. The zero-order valence-corrected chi connectivity index (χ0v) is 12.1. The summed E-state index contributed by atoms with van der Waals surface area (Å²) in [5, 5.41) is 19.2. The van der Waals surface area contributed by atoms with Gasteiger partial charge in [0, 0.05) is 26.2 Å². The Bertz CT molecular complexity index is 244. The van der Waals surface area contributed by atoms with Gasteiger partial charge in [0.1, 0.15) is 0 Å². The fourth-order valence-corrected chi connectivity index (χ4v) is 3.58. The number of β-amino-alcohol motifs (C(OH)–C–C–N with tert-alkyl or cyclic N) is 2. The minimum Gasteiger partial charge on any atom is -0.395 e. The number of hydrogen-bond acceptors (Lipinski definition) is 4. The third-order valence-corrected chi connectivity index (χ3v) is 4.65. The van der Waals surface area contributed by atoms with E-state index >= 15 is 0 Å². The Kier molecular flexibility index (Phi) is 6.57. The van der Waals surface area contributed by atoms with Crippen LogP contribution in [0.1, 0.15) is 38.5 Å². The first-order chi connectivity index (χ1) is 9.28. The Balaban J connectivity index is 1.66. The first kappa shape index (κ1) is 15.2. The smallest absolute Gasteiger partial charge is 0.0669 e. The van der Waals surface area contributed by atoms with Gasteiger partial charge in [-0.2, -0.15) is 0 Å². The van der Waals surface area contributed by atoms with Crippen LogP contribution in [-0.4, -0.2) is 72.0 Å². The minimum absolute atomic E-state index is 0.146. The predicted molar refractivity (Wildman–Crippen MR) is 77.2 cm³/mol. The largest absolute Gasteiger partial charge is 0.395 e. The van der Waals surface area contributed by atoms with E-state index in [-0.39, 0.29) is 12.7 Å². The lowest BCUT2D eigenvalue weighted by Gasteiger charge is -2.25. The maximum atomic E-state index is 10.2. The van der Waals surface area contributed by atoms with E-state index in [1.807, 2.05) is 0 Å². The standard InChI is InChI=1S/C15H30N2O2/c18-11-10-16-6-3-7-17(9-8-16)13-15(19)12-14-4-1-2-5-14/h14-15,18-19H,1-13H2. The Hall–Kier alpha value is -0.160. The highest BCUT2D eigenvalue weighted by Crippen LogP contribution is 2.28. The van der Waals surface area contributed by atoms with Crippen LogP contribution in [0.4, 0.5) is 0 Å². The second-order valence-electron chi connectivity index (χ2n) is 6.26. The van der Waals surface area contributed by atoms with Crippen molar-refractivity contribution in [2.45, 2.75) is 44.6 Å². The normalized spacial score (nSPS) is 25.6. The van der Waals surface area contributed by atoms with Crippen molar-refractivity contribution in [1.82, 2.24) is 9.80 Å². The van der Waals surface area contributed by atoms with Crippen LogP contribution in [0, 0.1) is 5.92 Å². The van der Waals surface area contributed by atoms with Crippen molar-refractivity contribution in [1.29, 1.82) is 0 Å². The molecule has 0 aromatic heterocycles. The molecule has 0 radical (unpaired) electrons. The number of rotatable bonds is 6. The van der Waals surface area contributed by atoms with Crippen molar-refractivity contribution in [2.24, 2.45) is 5.92 Å². The van der Waals surface area contributed by atoms with Gasteiger partial charge >= 0.3 is 0 Å². The zero-order chi connectivity index (χ0) is 13.5. The molecule has 1 heterocycles. The van der Waals surface area contributed by atoms with Gasteiger partial charge in [-0.05, 0) is 31.8 Å². The maximum absolute atomic E-state index is 10.2. The third-order valence-electron chi connectivity index (χ3n) is 4.65. The molecule has 1 saturated carbocycles. The molecule has 4 nitrogen and oxygen atoms in total. The molecule has 2 rings (SSSR count). The molecule has 1 unspecified atom stereocenters. The molecule has 1 atom stereocenters. The molecule has 1 aliphatic heterocycles. The van der Waals surface area contributed by atoms with Gasteiger partial charge in [0.2, 0.25) is 0 Å². The van der Waals surface area contributed by atoms with Crippen molar-refractivity contribution >= 4 is 0 Å². The maximum Gasteiger partial charge on any atom is 0.0669 e. The topological polar surface area (TPSA) is 46.9 Å². The van der Waals surface area contributed by atoms with E-state index in [1.54, 1.807) is 0 Å². The van der Waals surface area contributed by atoms with E-state index in [9.17, 15) is 5.11 Å². The van der Waals surface area contributed by atoms with Crippen molar-refractivity contribution in [3.63, 3.8) is 0 Å². The highest BCUT2D eigenvalue weighted by Gasteiger charge is 2.21. The van der Waals surface area contributed by atoms with E-state index < -0.39 is 0 Å². The summed E-state index contributed by atoms with van der Waals surface area (Å²) < 4.78 is 0. The van der Waals surface area contributed by atoms with Crippen LogP contribution in [0.3, 0.4) is 0 Å². The molecule has 4 heteroatoms. The van der Waals surface area contributed by atoms with Crippen LogP contribution < -0.4 is 0 Å². The van der Waals surface area contributed by atoms with E-state index in [0.29, 0.717) is 0 Å². The van der Waals surface area contributed by atoms with E-state index in [4.69, 9.17) is 5.11 Å². The molecule has 2 fully saturated rings. The summed E-state index contributed by atoms with van der Waals surface area (Å²) in [5.74, 6) is 0.771. The molecule has 2 aliphatic rings. The van der Waals surface area contributed by atoms with Gasteiger partial charge in [0.15, 0.2) is 0 Å². The van der Waals surface area contributed by atoms with Crippen molar-refractivity contribution in [3.8, 4) is 0 Å². The van der Waals surface area contributed by atoms with E-state index in [1.165, 1.54) is 25.7 Å². The summed E-state index contributed by atoms with van der Waals surface area (Å²) in [4.78, 5) is 4.72. The molecular formula is C15H30N2O2. The molecular weight excluding hydrogens is 240 g/mol. The Morgan fingerprint density at radius 1 is 0.947 bits per heavy atom. The Morgan fingerprint density at radius 2 is 1.63 bits per heavy atom. The lowest BCUT2D eigenvalue weighted by molar-refractivity contribution is 0.0920. The van der Waals surface area contributed by atoms with E-state index in [0.717, 1.165) is 58.0 Å². The third kappa shape index (κ3) is 5.38. The van der Waals surface area contributed by atoms with Crippen LogP contribution in [-0.2, 0) is 0 Å². The van der Waals surface area contributed by atoms with Gasteiger partial charge in [-0.15, -0.1) is 0 Å². The molecule has 0 bridgehead atoms. The molecule has 112 valence electrons. The van der Waals surface area contributed by atoms with Gasteiger partial charge in [0.05, 0.1) is 12.7 Å². The molecule has 0 spiro atoms. The van der Waals surface area contributed by atoms with Gasteiger partial charge in [-0.1, -0.05) is 25.7 Å². The number of aliphatic hydroxyl groups excluding tert-OH is 2. The first-order valence-electron chi connectivity index (χ1n) is 8.01. The van der Waals surface area contributed by atoms with Crippen LogP contribution in [0.25, 0.3) is 0 Å². The molecule has 1 aliphatic carbocycles. The summed E-state index contributed by atoms with van der Waals surface area (Å²) in [7, 11) is 0. The fraction of sp³-hybridized carbons (Fsp3) is 1.00. The second kappa shape index (κ2) is 8.20. The monoisotopic (exact) mass is 270 g/mol. The average Bonchev–Trinajstić information content (AvgIpc) is 2.78. The molecule has 19 heavy (non-hydrogen) atoms. The van der Waals surface area contributed by atoms with Crippen molar-refractivity contribution < 1.29 is 10.2 Å². The van der Waals surface area contributed by atoms with Crippen LogP contribution in [0.2, 0.25) is 0 Å².